The molecular weight excluding hydrogens is 452 g/mol. The van der Waals surface area contributed by atoms with Gasteiger partial charge in [-0.3, -0.25) is 0 Å². The minimum absolute atomic E-state index is 0.0489. The number of aliphatic hydroxyl groups is 1. The Balaban J connectivity index is 1.20. The minimum Gasteiger partial charge on any atom is -0.486 e. The van der Waals surface area contributed by atoms with Crippen LogP contribution in [0, 0.1) is 5.41 Å². The summed E-state index contributed by atoms with van der Waals surface area (Å²) >= 11 is 1.51. The lowest BCUT2D eigenvalue weighted by Crippen LogP contribution is -2.51. The average molecular weight is 485 g/mol. The maximum absolute atomic E-state index is 10.1. The minimum atomic E-state index is -0.154. The zero-order chi connectivity index (χ0) is 23.3. The van der Waals surface area contributed by atoms with Crippen molar-refractivity contribution in [3.05, 3.63) is 24.2 Å². The molecule has 9 nitrogen and oxygen atoms in total. The molecule has 0 bridgehead atoms. The Hall–Kier alpha value is -2.14. The van der Waals surface area contributed by atoms with Gasteiger partial charge in [-0.1, -0.05) is 11.8 Å². The highest BCUT2D eigenvalue weighted by molar-refractivity contribution is 7.99. The number of piperidine rings is 1. The van der Waals surface area contributed by atoms with Crippen LogP contribution in [0.2, 0.25) is 0 Å². The largest absolute Gasteiger partial charge is 0.486 e. The first kappa shape index (κ1) is 22.3. The lowest BCUT2D eigenvalue weighted by atomic mass is 9.73. The lowest BCUT2D eigenvalue weighted by molar-refractivity contribution is 0.0973. The van der Waals surface area contributed by atoms with Crippen LogP contribution in [0.4, 0.5) is 11.6 Å². The highest BCUT2D eigenvalue weighted by Gasteiger charge is 2.47. The van der Waals surface area contributed by atoms with Crippen LogP contribution in [0.5, 0.6) is 5.75 Å². The summed E-state index contributed by atoms with van der Waals surface area (Å²) < 4.78 is 12.0. The summed E-state index contributed by atoms with van der Waals surface area (Å²) in [6, 6.07) is 2.46. The van der Waals surface area contributed by atoms with E-state index in [1.807, 2.05) is 12.3 Å². The number of nitrogens with two attached hydrogens (primary N) is 1. The van der Waals surface area contributed by atoms with Crippen molar-refractivity contribution in [1.29, 1.82) is 0 Å². The Bertz CT molecular complexity index is 1060. The number of aliphatic hydroxyl groups excluding tert-OH is 1. The van der Waals surface area contributed by atoms with E-state index in [0.717, 1.165) is 72.8 Å². The van der Waals surface area contributed by atoms with E-state index in [9.17, 15) is 5.11 Å². The maximum Gasteiger partial charge on any atom is 0.175 e. The molecular formula is C24H32N6O3S. The van der Waals surface area contributed by atoms with Gasteiger partial charge in [0.2, 0.25) is 0 Å². The number of nitrogens with zero attached hydrogens (tertiary/aromatic N) is 5. The molecule has 3 N–H and O–H groups in total. The first-order valence-electron chi connectivity index (χ1n) is 12.2. The number of rotatable bonds is 4. The summed E-state index contributed by atoms with van der Waals surface area (Å²) in [5.41, 5.74) is 7.12. The summed E-state index contributed by atoms with van der Waals surface area (Å²) in [5.74, 6) is 2.51. The molecule has 0 aliphatic carbocycles. The van der Waals surface area contributed by atoms with Crippen molar-refractivity contribution in [1.82, 2.24) is 15.0 Å². The summed E-state index contributed by atoms with van der Waals surface area (Å²) in [6.07, 6.45) is 7.98. The van der Waals surface area contributed by atoms with Crippen LogP contribution in [-0.2, 0) is 11.3 Å². The van der Waals surface area contributed by atoms with Gasteiger partial charge in [0.05, 0.1) is 36.5 Å². The van der Waals surface area contributed by atoms with Crippen molar-refractivity contribution in [2.45, 2.75) is 67.3 Å². The van der Waals surface area contributed by atoms with Crippen molar-refractivity contribution >= 4 is 23.4 Å². The van der Waals surface area contributed by atoms with Crippen LogP contribution in [0.25, 0.3) is 0 Å². The van der Waals surface area contributed by atoms with Gasteiger partial charge in [0.1, 0.15) is 17.3 Å². The summed E-state index contributed by atoms with van der Waals surface area (Å²) in [6.45, 7) is 6.03. The van der Waals surface area contributed by atoms with Crippen molar-refractivity contribution in [2.24, 2.45) is 11.1 Å². The molecule has 0 saturated carbocycles. The van der Waals surface area contributed by atoms with E-state index in [4.69, 9.17) is 25.2 Å². The Morgan fingerprint density at radius 1 is 1.24 bits per heavy atom. The molecule has 3 saturated heterocycles. The van der Waals surface area contributed by atoms with Crippen molar-refractivity contribution in [2.75, 3.05) is 42.6 Å². The second-order valence-electron chi connectivity index (χ2n) is 9.89. The molecule has 2 aromatic rings. The molecule has 2 unspecified atom stereocenters. The lowest BCUT2D eigenvalue weighted by Gasteiger charge is -2.41. The quantitative estimate of drug-likeness (QED) is 0.670. The van der Waals surface area contributed by atoms with Crippen LogP contribution < -0.4 is 20.3 Å². The number of fused-ring (bicyclic) bond motifs is 3. The van der Waals surface area contributed by atoms with Gasteiger partial charge in [0.15, 0.2) is 17.4 Å². The third-order valence-corrected chi connectivity index (χ3v) is 8.94. The monoisotopic (exact) mass is 484 g/mol. The zero-order valence-electron chi connectivity index (χ0n) is 19.5. The van der Waals surface area contributed by atoms with Crippen LogP contribution in [0.3, 0.4) is 0 Å². The first-order chi connectivity index (χ1) is 16.6. The van der Waals surface area contributed by atoms with E-state index in [1.54, 1.807) is 6.20 Å². The van der Waals surface area contributed by atoms with Gasteiger partial charge in [-0.2, -0.15) is 0 Å². The standard InChI is InChI=1S/C24H32N6O3S/c1-15-21(25)24(14-33-15)5-9-29(10-6-24)22-17(12-31)28-19(11-27-22)34-18-4-7-26-23-20(18)32-13-16-3-2-8-30(16)23/h4,7,11,15-16,21,31H,2-3,5-6,8-10,12-14,25H2,1H3/t15?,16?,21-/m1/s1. The third-order valence-electron chi connectivity index (χ3n) is 7.99. The number of anilines is 2. The SMILES string of the molecule is CC1OCC2(CCN(c3ncc(Sc4ccnc5c4OCC4CCCN54)nc3CO)CC2)[C@@H]1N. The van der Waals surface area contributed by atoms with Gasteiger partial charge in [0, 0.05) is 37.3 Å². The van der Waals surface area contributed by atoms with Crippen LogP contribution >= 0.6 is 11.8 Å². The van der Waals surface area contributed by atoms with Crippen LogP contribution in [0.15, 0.2) is 28.4 Å². The molecule has 1 spiro atoms. The van der Waals surface area contributed by atoms with E-state index in [-0.39, 0.29) is 24.2 Å². The van der Waals surface area contributed by atoms with Crippen molar-refractivity contribution in [3.8, 4) is 5.75 Å². The molecule has 2 aromatic heterocycles. The predicted octanol–water partition coefficient (Wildman–Crippen LogP) is 2.21. The highest BCUT2D eigenvalue weighted by atomic mass is 32.2. The summed E-state index contributed by atoms with van der Waals surface area (Å²) in [4.78, 5) is 19.7. The summed E-state index contributed by atoms with van der Waals surface area (Å²) in [5, 5.41) is 10.8. The van der Waals surface area contributed by atoms with Crippen molar-refractivity contribution in [3.63, 3.8) is 0 Å². The Labute approximate surface area is 204 Å². The fourth-order valence-corrected chi connectivity index (χ4v) is 6.74. The molecule has 4 aliphatic heterocycles. The smallest absolute Gasteiger partial charge is 0.175 e. The first-order valence-corrected chi connectivity index (χ1v) is 13.0. The number of hydrogen-bond donors (Lipinski definition) is 2. The topological polar surface area (TPSA) is 110 Å². The molecule has 182 valence electrons. The normalized spacial score (nSPS) is 27.6. The molecule has 0 amide bonds. The second-order valence-corrected chi connectivity index (χ2v) is 11.0. The number of ether oxygens (including phenoxy) is 2. The van der Waals surface area contributed by atoms with E-state index < -0.39 is 0 Å². The van der Waals surface area contributed by atoms with Gasteiger partial charge < -0.3 is 30.1 Å². The van der Waals surface area contributed by atoms with E-state index in [0.29, 0.717) is 18.3 Å². The Kier molecular flexibility index (Phi) is 5.79. The molecule has 0 aromatic carbocycles. The molecule has 0 radical (unpaired) electrons. The molecule has 4 aliphatic rings. The zero-order valence-corrected chi connectivity index (χ0v) is 20.3. The summed E-state index contributed by atoms with van der Waals surface area (Å²) in [7, 11) is 0. The molecule has 34 heavy (non-hydrogen) atoms. The second kappa shape index (κ2) is 8.82. The molecule has 3 atom stereocenters. The van der Waals surface area contributed by atoms with Gasteiger partial charge in [-0.15, -0.1) is 0 Å². The van der Waals surface area contributed by atoms with E-state index in [1.165, 1.54) is 18.2 Å². The van der Waals surface area contributed by atoms with Gasteiger partial charge in [-0.05, 0) is 38.7 Å². The Morgan fingerprint density at radius 2 is 2.09 bits per heavy atom. The van der Waals surface area contributed by atoms with Gasteiger partial charge >= 0.3 is 0 Å². The fraction of sp³-hybridized carbons (Fsp3) is 0.625. The Morgan fingerprint density at radius 3 is 2.85 bits per heavy atom. The number of hydrogen-bond acceptors (Lipinski definition) is 10. The highest BCUT2D eigenvalue weighted by Crippen LogP contribution is 2.45. The van der Waals surface area contributed by atoms with Crippen LogP contribution in [0.1, 0.15) is 38.3 Å². The van der Waals surface area contributed by atoms with E-state index >= 15 is 0 Å². The maximum atomic E-state index is 10.1. The average Bonchev–Trinajstić information content (AvgIpc) is 3.46. The van der Waals surface area contributed by atoms with Gasteiger partial charge in [0.25, 0.3) is 0 Å². The predicted molar refractivity (Wildman–Crippen MR) is 129 cm³/mol. The number of pyridine rings is 1. The molecule has 6 heterocycles. The van der Waals surface area contributed by atoms with Crippen molar-refractivity contribution < 1.29 is 14.6 Å². The fourth-order valence-electron chi connectivity index (χ4n) is 5.88. The molecule has 10 heteroatoms. The molecule has 6 rings (SSSR count). The third kappa shape index (κ3) is 3.71. The van der Waals surface area contributed by atoms with Gasteiger partial charge in [-0.25, -0.2) is 15.0 Å². The van der Waals surface area contributed by atoms with E-state index in [2.05, 4.69) is 21.7 Å². The van der Waals surface area contributed by atoms with Crippen LogP contribution in [-0.4, -0.2) is 71.1 Å². The number of aromatic nitrogens is 3. The molecule has 3 fully saturated rings.